The van der Waals surface area contributed by atoms with Crippen molar-refractivity contribution >= 4 is 32.8 Å². The maximum Gasteiger partial charge on any atom is 0.269 e. The quantitative estimate of drug-likeness (QED) is 0.404. The Kier molecular flexibility index (Phi) is 6.68. The zero-order chi connectivity index (χ0) is 28.1. The average molecular weight is 549 g/mol. The predicted molar refractivity (Wildman–Crippen MR) is 149 cm³/mol. The van der Waals surface area contributed by atoms with Crippen molar-refractivity contribution in [2.24, 2.45) is 0 Å². The van der Waals surface area contributed by atoms with E-state index in [-0.39, 0.29) is 28.5 Å². The van der Waals surface area contributed by atoms with Crippen LogP contribution < -0.4 is 4.90 Å². The highest BCUT2D eigenvalue weighted by Gasteiger charge is 2.39. The van der Waals surface area contributed by atoms with Gasteiger partial charge in [-0.3, -0.25) is 9.78 Å². The molecule has 204 valence electrons. The van der Waals surface area contributed by atoms with Gasteiger partial charge in [0.05, 0.1) is 10.3 Å². The highest BCUT2D eigenvalue weighted by atomic mass is 32.2. The van der Waals surface area contributed by atoms with Crippen LogP contribution in [-0.4, -0.2) is 74.0 Å². The number of amides is 1. The van der Waals surface area contributed by atoms with Crippen molar-refractivity contribution in [2.45, 2.75) is 57.2 Å². The summed E-state index contributed by atoms with van der Waals surface area (Å²) in [7, 11) is -3.97. The molecule has 0 saturated carbocycles. The molecule has 0 unspecified atom stereocenters. The summed E-state index contributed by atoms with van der Waals surface area (Å²) >= 11 is 0. The van der Waals surface area contributed by atoms with Gasteiger partial charge in [0.1, 0.15) is 17.7 Å². The summed E-state index contributed by atoms with van der Waals surface area (Å²) in [6, 6.07) is 9.97. The van der Waals surface area contributed by atoms with Crippen molar-refractivity contribution in [1.29, 1.82) is 0 Å². The second-order valence-electron chi connectivity index (χ2n) is 10.7. The van der Waals surface area contributed by atoms with Gasteiger partial charge in [-0.2, -0.15) is 0 Å². The molecule has 10 nitrogen and oxygen atoms in total. The lowest BCUT2D eigenvalue weighted by atomic mass is 10.0. The minimum Gasteiger partial charge on any atom is -0.381 e. The minimum absolute atomic E-state index is 0.159. The first kappa shape index (κ1) is 26.8. The molecule has 2 atom stereocenters. The number of benzene rings is 1. The lowest BCUT2D eigenvalue weighted by Gasteiger charge is -2.46. The van der Waals surface area contributed by atoms with Crippen molar-refractivity contribution in [3.63, 3.8) is 0 Å². The molecule has 1 aliphatic rings. The smallest absolute Gasteiger partial charge is 0.269 e. The van der Waals surface area contributed by atoms with Crippen LogP contribution in [0.15, 0.2) is 66.2 Å². The van der Waals surface area contributed by atoms with Gasteiger partial charge in [0, 0.05) is 49.3 Å². The van der Waals surface area contributed by atoms with Crippen molar-refractivity contribution in [2.75, 3.05) is 18.0 Å². The molecule has 4 heterocycles. The van der Waals surface area contributed by atoms with Gasteiger partial charge in [-0.05, 0) is 64.4 Å². The second kappa shape index (κ2) is 9.73. The van der Waals surface area contributed by atoms with Crippen LogP contribution in [0.3, 0.4) is 0 Å². The molecule has 39 heavy (non-hydrogen) atoms. The van der Waals surface area contributed by atoms with Gasteiger partial charge in [0.25, 0.3) is 15.9 Å². The van der Waals surface area contributed by atoms with E-state index >= 15 is 0 Å². The summed E-state index contributed by atoms with van der Waals surface area (Å²) in [6.45, 7) is 9.62. The number of hydrogen-bond donors (Lipinski definition) is 1. The van der Waals surface area contributed by atoms with Crippen LogP contribution >= 0.6 is 0 Å². The Hall–Kier alpha value is -3.83. The highest BCUT2D eigenvalue weighted by Crippen LogP contribution is 2.38. The second-order valence-corrected chi connectivity index (χ2v) is 12.5. The van der Waals surface area contributed by atoms with E-state index in [1.807, 2.05) is 32.9 Å². The van der Waals surface area contributed by atoms with Gasteiger partial charge in [0.2, 0.25) is 0 Å². The fourth-order valence-electron chi connectivity index (χ4n) is 5.05. The van der Waals surface area contributed by atoms with E-state index in [0.717, 1.165) is 11.1 Å². The molecule has 0 spiro atoms. The molecule has 1 amide bonds. The molecule has 4 aromatic rings. The van der Waals surface area contributed by atoms with Crippen LogP contribution in [0.2, 0.25) is 0 Å². The van der Waals surface area contributed by atoms with Gasteiger partial charge < -0.3 is 14.9 Å². The number of nitrogens with zero attached hydrogens (tertiary/aromatic N) is 6. The zero-order valence-corrected chi connectivity index (χ0v) is 23.4. The Morgan fingerprint density at radius 3 is 2.31 bits per heavy atom. The summed E-state index contributed by atoms with van der Waals surface area (Å²) in [4.78, 5) is 30.0. The lowest BCUT2D eigenvalue weighted by molar-refractivity contribution is -0.151. The number of piperazine rings is 1. The predicted octanol–water partition coefficient (Wildman–Crippen LogP) is 3.24. The molecule has 1 saturated heterocycles. The first-order valence-corrected chi connectivity index (χ1v) is 14.2. The van der Waals surface area contributed by atoms with Gasteiger partial charge in [-0.15, -0.1) is 0 Å². The third-order valence-electron chi connectivity index (χ3n) is 7.14. The number of aliphatic hydroxyl groups is 1. The third-order valence-corrected chi connectivity index (χ3v) is 8.81. The Morgan fingerprint density at radius 1 is 1.00 bits per heavy atom. The Bertz CT molecular complexity index is 1630. The van der Waals surface area contributed by atoms with Crippen molar-refractivity contribution in [3.05, 3.63) is 66.9 Å². The van der Waals surface area contributed by atoms with E-state index in [4.69, 9.17) is 0 Å². The molecule has 1 fully saturated rings. The SMILES string of the molecule is Cc1ccc(S(=O)(=O)n2cc(-c3ccncc3)c3c(N4C[C@@H](C)N(C(=O)C(C)(C)O)C[C@@H]4C)ncnc32)cc1. The summed E-state index contributed by atoms with van der Waals surface area (Å²) < 4.78 is 28.9. The van der Waals surface area contributed by atoms with E-state index in [0.29, 0.717) is 29.9 Å². The van der Waals surface area contributed by atoms with E-state index in [9.17, 15) is 18.3 Å². The van der Waals surface area contributed by atoms with E-state index in [2.05, 4.69) is 19.9 Å². The molecule has 0 radical (unpaired) electrons. The Morgan fingerprint density at radius 2 is 1.67 bits per heavy atom. The first-order chi connectivity index (χ1) is 18.4. The van der Waals surface area contributed by atoms with Crippen LogP contribution in [0.25, 0.3) is 22.2 Å². The van der Waals surface area contributed by atoms with Gasteiger partial charge in [-0.1, -0.05) is 17.7 Å². The van der Waals surface area contributed by atoms with Crippen molar-refractivity contribution in [1.82, 2.24) is 23.8 Å². The number of aromatic nitrogens is 4. The van der Waals surface area contributed by atoms with Gasteiger partial charge >= 0.3 is 0 Å². The van der Waals surface area contributed by atoms with Crippen LogP contribution in [0.4, 0.5) is 5.82 Å². The maximum atomic E-state index is 13.8. The van der Waals surface area contributed by atoms with Crippen LogP contribution in [0.1, 0.15) is 33.3 Å². The van der Waals surface area contributed by atoms with Crippen LogP contribution in [0.5, 0.6) is 0 Å². The van der Waals surface area contributed by atoms with Crippen molar-refractivity contribution in [3.8, 4) is 11.1 Å². The number of carbonyl (C=O) groups excluding carboxylic acids is 1. The minimum atomic E-state index is -3.97. The standard InChI is InChI=1S/C28H32N6O4S/c1-18-6-8-22(9-7-18)39(37,38)34-16-23(21-10-12-29-13-11-21)24-25(30-17-31-26(24)34)32-14-20(3)33(15-19(32)2)27(35)28(4,5)36/h6-13,16-17,19-20,36H,14-15H2,1-5H3/t19-,20+/m0/s1. The molecule has 11 heteroatoms. The molecule has 0 bridgehead atoms. The third kappa shape index (κ3) is 4.76. The number of aryl methyl sites for hydroxylation is 1. The van der Waals surface area contributed by atoms with Crippen LogP contribution in [0, 0.1) is 6.92 Å². The normalized spacial score (nSPS) is 18.5. The fourth-order valence-corrected chi connectivity index (χ4v) is 6.37. The molecule has 0 aliphatic carbocycles. The van der Waals surface area contributed by atoms with Gasteiger partial charge in [-0.25, -0.2) is 22.4 Å². The largest absolute Gasteiger partial charge is 0.381 e. The van der Waals surface area contributed by atoms with E-state index in [1.165, 1.54) is 24.1 Å². The zero-order valence-electron chi connectivity index (χ0n) is 22.6. The lowest BCUT2D eigenvalue weighted by Crippen LogP contribution is -2.61. The molecule has 1 aliphatic heterocycles. The monoisotopic (exact) mass is 548 g/mol. The summed E-state index contributed by atoms with van der Waals surface area (Å²) in [5, 5.41) is 10.9. The number of pyridine rings is 1. The summed E-state index contributed by atoms with van der Waals surface area (Å²) in [5.74, 6) is 0.251. The maximum absolute atomic E-state index is 13.8. The molecule has 5 rings (SSSR count). The number of hydrogen-bond acceptors (Lipinski definition) is 8. The summed E-state index contributed by atoms with van der Waals surface area (Å²) in [5.41, 5.74) is 1.18. The van der Waals surface area contributed by atoms with Crippen LogP contribution in [-0.2, 0) is 14.8 Å². The summed E-state index contributed by atoms with van der Waals surface area (Å²) in [6.07, 6.45) is 6.28. The molecule has 1 N–H and O–H groups in total. The highest BCUT2D eigenvalue weighted by molar-refractivity contribution is 7.90. The number of anilines is 1. The Balaban J connectivity index is 1.67. The van der Waals surface area contributed by atoms with Gasteiger partial charge in [0.15, 0.2) is 5.65 Å². The average Bonchev–Trinajstić information content (AvgIpc) is 3.30. The van der Waals surface area contributed by atoms with Crippen molar-refractivity contribution < 1.29 is 18.3 Å². The first-order valence-electron chi connectivity index (χ1n) is 12.8. The fraction of sp³-hybridized carbons (Fsp3) is 0.357. The molecular formula is C28H32N6O4S. The topological polar surface area (TPSA) is 122 Å². The molecular weight excluding hydrogens is 516 g/mol. The molecule has 1 aromatic carbocycles. The number of rotatable bonds is 5. The number of fused-ring (bicyclic) bond motifs is 1. The molecule has 3 aromatic heterocycles. The Labute approximate surface area is 228 Å². The van der Waals surface area contributed by atoms with E-state index < -0.39 is 15.6 Å². The number of carbonyl (C=O) groups is 1. The van der Waals surface area contributed by atoms with E-state index in [1.54, 1.807) is 47.8 Å².